The molecular weight excluding hydrogens is 399 g/mol. The zero-order chi connectivity index (χ0) is 14.3. The van der Waals surface area contributed by atoms with Gasteiger partial charge in [-0.25, -0.2) is 0 Å². The van der Waals surface area contributed by atoms with Gasteiger partial charge in [0.25, 0.3) is 0 Å². The fourth-order valence-electron chi connectivity index (χ4n) is 4.51. The van der Waals surface area contributed by atoms with Crippen molar-refractivity contribution in [3.63, 3.8) is 0 Å². The molecule has 104 valence electrons. The van der Waals surface area contributed by atoms with E-state index in [4.69, 9.17) is 0 Å². The summed E-state index contributed by atoms with van der Waals surface area (Å²) in [6, 6.07) is 0. The maximum atomic E-state index is 2.58. The molecule has 0 saturated heterocycles. The van der Waals surface area contributed by atoms with E-state index in [2.05, 4.69) is 96.4 Å². The fourth-order valence-corrected chi connectivity index (χ4v) is 30.1. The monoisotopic (exact) mass is 426 g/mol. The topological polar surface area (TPSA) is 6.48 Å². The molecule has 0 spiro atoms. The van der Waals surface area contributed by atoms with Gasteiger partial charge in [-0.3, -0.25) is 0 Å². The van der Waals surface area contributed by atoms with Gasteiger partial charge in [0.2, 0.25) is 0 Å². The number of rotatable bonds is 4. The van der Waals surface area contributed by atoms with Gasteiger partial charge >= 0.3 is 123 Å². The predicted molar refractivity (Wildman–Crippen MR) is 80.7 cm³/mol. The van der Waals surface area contributed by atoms with Gasteiger partial charge in [-0.2, -0.15) is 0 Å². The van der Waals surface area contributed by atoms with Crippen LogP contribution < -0.4 is 0 Å². The van der Waals surface area contributed by atoms with E-state index in [0.717, 1.165) is 0 Å². The SMILES string of the molecule is C[N](C)[Hf]([N](C)C)([C]1(C)C=CC=C1)[C]1(C)C=CC=C1. The molecule has 0 aliphatic heterocycles. The Hall–Kier alpha value is -0.250. The normalized spacial score (nSPS) is 23.2. The third kappa shape index (κ3) is 1.93. The van der Waals surface area contributed by atoms with Crippen molar-refractivity contribution in [3.8, 4) is 0 Å². The Balaban J connectivity index is 2.69. The standard InChI is InChI=1S/2C6H7.2C2H6N.Hf/c2*1-6-4-2-3-5-6;2*1-3-2;/h2*2-5H,1H3;2*1-2H3;/q;;2*-1;+2. The van der Waals surface area contributed by atoms with E-state index in [9.17, 15) is 0 Å². The molecule has 2 aliphatic rings. The van der Waals surface area contributed by atoms with Crippen molar-refractivity contribution >= 4 is 0 Å². The molecule has 3 heteroatoms. The van der Waals surface area contributed by atoms with E-state index in [1.165, 1.54) is 0 Å². The molecule has 2 rings (SSSR count). The number of hydrogen-bond donors (Lipinski definition) is 0. The molecule has 0 heterocycles. The number of nitrogens with zero attached hydrogens (tertiary/aromatic N) is 2. The summed E-state index contributed by atoms with van der Waals surface area (Å²) in [5.41, 5.74) is 0. The Morgan fingerprint density at radius 2 is 0.895 bits per heavy atom. The average molecular weight is 425 g/mol. The average Bonchev–Trinajstić information content (AvgIpc) is 2.88. The van der Waals surface area contributed by atoms with Crippen molar-refractivity contribution in [2.45, 2.75) is 20.2 Å². The Bertz CT molecular complexity index is 401. The van der Waals surface area contributed by atoms with Crippen molar-refractivity contribution in [1.82, 2.24) is 5.78 Å². The minimum atomic E-state index is -3.13. The van der Waals surface area contributed by atoms with Crippen molar-refractivity contribution in [1.29, 1.82) is 0 Å². The molecule has 0 radical (unpaired) electrons. The summed E-state index contributed by atoms with van der Waals surface area (Å²) in [5, 5.41) is 0. The molecule has 0 bridgehead atoms. The van der Waals surface area contributed by atoms with Crippen LogP contribution >= 0.6 is 0 Å². The number of allylic oxidation sites excluding steroid dienone is 8. The molecule has 0 aromatic heterocycles. The second-order valence-electron chi connectivity index (χ2n) is 6.46. The van der Waals surface area contributed by atoms with E-state index in [0.29, 0.717) is 0 Å². The Morgan fingerprint density at radius 3 is 1.11 bits per heavy atom. The summed E-state index contributed by atoms with van der Waals surface area (Å²) in [6.45, 7) is 4.83. The molecule has 0 aromatic rings. The van der Waals surface area contributed by atoms with Crippen molar-refractivity contribution < 1.29 is 20.5 Å². The van der Waals surface area contributed by atoms with Crippen LogP contribution in [0.15, 0.2) is 48.6 Å². The Labute approximate surface area is 123 Å². The molecule has 0 saturated carbocycles. The van der Waals surface area contributed by atoms with Gasteiger partial charge < -0.3 is 0 Å². The molecule has 2 aliphatic carbocycles. The first kappa shape index (κ1) is 15.1. The zero-order valence-corrected chi connectivity index (χ0v) is 16.6. The quantitative estimate of drug-likeness (QED) is 0.635. The van der Waals surface area contributed by atoms with Crippen LogP contribution in [0.5, 0.6) is 0 Å². The summed E-state index contributed by atoms with van der Waals surface area (Å²) >= 11 is -3.13. The van der Waals surface area contributed by atoms with E-state index in [1.807, 2.05) is 0 Å². The molecule has 0 fully saturated rings. The summed E-state index contributed by atoms with van der Waals surface area (Å²) in [5.74, 6) is 0. The predicted octanol–water partition coefficient (Wildman–Crippen LogP) is 3.70. The van der Waals surface area contributed by atoms with Crippen molar-refractivity contribution in [3.05, 3.63) is 48.6 Å². The van der Waals surface area contributed by atoms with Crippen LogP contribution in [0, 0.1) is 0 Å². The van der Waals surface area contributed by atoms with Crippen LogP contribution in [0.4, 0.5) is 0 Å². The number of hydrogen-bond acceptors (Lipinski definition) is 2. The van der Waals surface area contributed by atoms with Crippen LogP contribution in [0.25, 0.3) is 0 Å². The van der Waals surface area contributed by atoms with Gasteiger partial charge in [0, 0.05) is 0 Å². The first-order valence-corrected chi connectivity index (χ1v) is 13.7. The van der Waals surface area contributed by atoms with Gasteiger partial charge in [-0.15, -0.1) is 0 Å². The summed E-state index contributed by atoms with van der Waals surface area (Å²) < 4.78 is 5.53. The van der Waals surface area contributed by atoms with Gasteiger partial charge in [-0.05, 0) is 0 Å². The van der Waals surface area contributed by atoms with Crippen molar-refractivity contribution in [2.75, 3.05) is 28.2 Å². The fraction of sp³-hybridized carbons (Fsp3) is 0.500. The van der Waals surface area contributed by atoms with E-state index in [-0.39, 0.29) is 6.34 Å². The maximum absolute atomic E-state index is 3.13. The van der Waals surface area contributed by atoms with Crippen molar-refractivity contribution in [2.24, 2.45) is 0 Å². The third-order valence-electron chi connectivity index (χ3n) is 4.79. The van der Waals surface area contributed by atoms with Gasteiger partial charge in [0.05, 0.1) is 0 Å². The van der Waals surface area contributed by atoms with Crippen LogP contribution in [0.2, 0.25) is 6.34 Å². The molecule has 2 nitrogen and oxygen atoms in total. The van der Waals surface area contributed by atoms with Crippen LogP contribution in [0.3, 0.4) is 0 Å². The second-order valence-corrected chi connectivity index (χ2v) is 25.5. The summed E-state index contributed by atoms with van der Waals surface area (Å²) in [6.07, 6.45) is 18.5. The molecule has 0 unspecified atom stereocenters. The summed E-state index contributed by atoms with van der Waals surface area (Å²) in [4.78, 5) is 0. The second kappa shape index (κ2) is 4.94. The Kier molecular flexibility index (Phi) is 3.94. The van der Waals surface area contributed by atoms with Crippen LogP contribution in [-0.4, -0.2) is 34.0 Å². The molecule has 0 aromatic carbocycles. The molecule has 0 N–H and O–H groups in total. The minimum absolute atomic E-state index is 0.188. The van der Waals surface area contributed by atoms with Crippen LogP contribution in [0.1, 0.15) is 13.8 Å². The van der Waals surface area contributed by atoms with Gasteiger partial charge in [-0.1, -0.05) is 0 Å². The molecule has 19 heavy (non-hydrogen) atoms. The zero-order valence-electron chi connectivity index (χ0n) is 13.0. The first-order chi connectivity index (χ1) is 8.80. The molecular formula is C16H26HfN2. The van der Waals surface area contributed by atoms with E-state index >= 15 is 0 Å². The molecule has 0 amide bonds. The first-order valence-electron chi connectivity index (χ1n) is 6.89. The van der Waals surface area contributed by atoms with Crippen LogP contribution in [-0.2, 0) is 20.5 Å². The summed E-state index contributed by atoms with van der Waals surface area (Å²) in [7, 11) is 9.10. The van der Waals surface area contributed by atoms with E-state index < -0.39 is 20.5 Å². The van der Waals surface area contributed by atoms with Gasteiger partial charge in [0.15, 0.2) is 0 Å². The Morgan fingerprint density at radius 1 is 0.632 bits per heavy atom. The third-order valence-corrected chi connectivity index (χ3v) is 27.3. The van der Waals surface area contributed by atoms with E-state index in [1.54, 1.807) is 0 Å². The van der Waals surface area contributed by atoms with Gasteiger partial charge in [0.1, 0.15) is 0 Å². The molecule has 0 atom stereocenters.